The first-order valence-electron chi connectivity index (χ1n) is 5.21. The zero-order valence-electron chi connectivity index (χ0n) is 8.73. The molecule has 2 heterocycles. The van der Waals surface area contributed by atoms with Crippen LogP contribution in [0.5, 0.6) is 0 Å². The van der Waals surface area contributed by atoms with Gasteiger partial charge in [-0.1, -0.05) is 6.92 Å². The van der Waals surface area contributed by atoms with Crippen molar-refractivity contribution >= 4 is 5.97 Å². The first-order valence-corrected chi connectivity index (χ1v) is 5.21. The van der Waals surface area contributed by atoms with E-state index in [1.807, 2.05) is 0 Å². The number of fused-ring (bicyclic) bond motifs is 1. The molecule has 0 aromatic carbocycles. The van der Waals surface area contributed by atoms with Gasteiger partial charge in [-0.3, -0.25) is 10.1 Å². The quantitative estimate of drug-likeness (QED) is 0.755. The molecule has 0 saturated carbocycles. The van der Waals surface area contributed by atoms with Gasteiger partial charge in [0.15, 0.2) is 0 Å². The minimum atomic E-state index is -0.800. The Kier molecular flexibility index (Phi) is 2.73. The Morgan fingerprint density at radius 2 is 2.60 bits per heavy atom. The molecule has 1 unspecified atom stereocenters. The summed E-state index contributed by atoms with van der Waals surface area (Å²) in [6.07, 6.45) is 3.35. The summed E-state index contributed by atoms with van der Waals surface area (Å²) < 4.78 is 2.10. The van der Waals surface area contributed by atoms with Crippen molar-refractivity contribution in [3.63, 3.8) is 0 Å². The van der Waals surface area contributed by atoms with Crippen LogP contribution in [0, 0.1) is 0 Å². The van der Waals surface area contributed by atoms with Crippen molar-refractivity contribution in [2.45, 2.75) is 38.9 Å². The summed E-state index contributed by atoms with van der Waals surface area (Å²) in [6.45, 7) is 3.66. The van der Waals surface area contributed by atoms with Gasteiger partial charge in [-0.2, -0.15) is 0 Å². The summed E-state index contributed by atoms with van der Waals surface area (Å²) in [5.41, 5.74) is 2.06. The van der Waals surface area contributed by atoms with Crippen LogP contribution in [0.15, 0.2) is 6.33 Å². The minimum absolute atomic E-state index is 0.484. The third-order valence-corrected chi connectivity index (χ3v) is 2.71. The predicted molar refractivity (Wildman–Crippen MR) is 54.5 cm³/mol. The normalized spacial score (nSPS) is 19.9. The number of aryl methyl sites for hydroxylation is 1. The first kappa shape index (κ1) is 10.2. The molecule has 0 bridgehead atoms. The monoisotopic (exact) mass is 209 g/mol. The van der Waals surface area contributed by atoms with Crippen molar-refractivity contribution in [3.8, 4) is 0 Å². The molecule has 5 nitrogen and oxygen atoms in total. The van der Waals surface area contributed by atoms with Gasteiger partial charge in [0.2, 0.25) is 0 Å². The molecule has 0 aliphatic carbocycles. The molecule has 1 aromatic rings. The SMILES string of the molecule is CCCn1cnc2c1CNC(C(=O)O)C2. The number of carbonyl (C=O) groups is 1. The van der Waals surface area contributed by atoms with Crippen molar-refractivity contribution in [1.29, 1.82) is 0 Å². The number of aliphatic carboxylic acids is 1. The molecule has 15 heavy (non-hydrogen) atoms. The Morgan fingerprint density at radius 1 is 1.80 bits per heavy atom. The highest BCUT2D eigenvalue weighted by molar-refractivity contribution is 5.74. The Morgan fingerprint density at radius 3 is 3.27 bits per heavy atom. The Labute approximate surface area is 88.1 Å². The molecule has 2 N–H and O–H groups in total. The molecular formula is C10H15N3O2. The van der Waals surface area contributed by atoms with Crippen LogP contribution >= 0.6 is 0 Å². The molecule has 1 aliphatic heterocycles. The fourth-order valence-corrected chi connectivity index (χ4v) is 1.92. The molecule has 5 heteroatoms. The molecule has 1 aromatic heterocycles. The van der Waals surface area contributed by atoms with Gasteiger partial charge in [-0.25, -0.2) is 4.98 Å². The van der Waals surface area contributed by atoms with Crippen LogP contribution in [0.25, 0.3) is 0 Å². The molecule has 2 rings (SSSR count). The number of aromatic nitrogens is 2. The standard InChI is InChI=1S/C10H15N3O2/c1-2-3-13-6-12-7-4-8(10(14)15)11-5-9(7)13/h6,8,11H,2-5H2,1H3,(H,14,15). The number of nitrogens with zero attached hydrogens (tertiary/aromatic N) is 2. The van der Waals surface area contributed by atoms with E-state index in [4.69, 9.17) is 5.11 Å². The van der Waals surface area contributed by atoms with Crippen molar-refractivity contribution < 1.29 is 9.90 Å². The maximum atomic E-state index is 10.8. The Bertz CT molecular complexity index is 373. The molecule has 0 amide bonds. The zero-order valence-corrected chi connectivity index (χ0v) is 8.73. The topological polar surface area (TPSA) is 67.2 Å². The lowest BCUT2D eigenvalue weighted by molar-refractivity contribution is -0.139. The summed E-state index contributed by atoms with van der Waals surface area (Å²) >= 11 is 0. The van der Waals surface area contributed by atoms with Crippen LogP contribution in [-0.2, 0) is 24.3 Å². The van der Waals surface area contributed by atoms with E-state index in [1.165, 1.54) is 0 Å². The third kappa shape index (κ3) is 1.87. The molecule has 1 atom stereocenters. The average molecular weight is 209 g/mol. The van der Waals surface area contributed by atoms with Gasteiger partial charge in [-0.15, -0.1) is 0 Å². The van der Waals surface area contributed by atoms with E-state index >= 15 is 0 Å². The van der Waals surface area contributed by atoms with E-state index in [1.54, 1.807) is 6.33 Å². The second kappa shape index (κ2) is 4.02. The number of imidazole rings is 1. The summed E-state index contributed by atoms with van der Waals surface area (Å²) in [5.74, 6) is -0.800. The predicted octanol–water partition coefficient (Wildman–Crippen LogP) is 0.392. The molecular weight excluding hydrogens is 194 g/mol. The van der Waals surface area contributed by atoms with Crippen LogP contribution in [0.1, 0.15) is 24.7 Å². The van der Waals surface area contributed by atoms with E-state index in [9.17, 15) is 4.79 Å². The van der Waals surface area contributed by atoms with Gasteiger partial charge >= 0.3 is 5.97 Å². The van der Waals surface area contributed by atoms with E-state index in [-0.39, 0.29) is 0 Å². The largest absolute Gasteiger partial charge is 0.480 e. The van der Waals surface area contributed by atoms with Gasteiger partial charge in [0.1, 0.15) is 6.04 Å². The van der Waals surface area contributed by atoms with Crippen LogP contribution in [0.2, 0.25) is 0 Å². The smallest absolute Gasteiger partial charge is 0.321 e. The first-order chi connectivity index (χ1) is 7.22. The van der Waals surface area contributed by atoms with Gasteiger partial charge in [0.05, 0.1) is 17.7 Å². The van der Waals surface area contributed by atoms with E-state index in [0.29, 0.717) is 13.0 Å². The molecule has 1 aliphatic rings. The number of carboxylic acid groups (broad SMARTS) is 1. The Balaban J connectivity index is 2.18. The lowest BCUT2D eigenvalue weighted by Gasteiger charge is -2.20. The second-order valence-electron chi connectivity index (χ2n) is 3.81. The summed E-state index contributed by atoms with van der Waals surface area (Å²) in [6, 6.07) is -0.484. The van der Waals surface area contributed by atoms with Gasteiger partial charge in [0, 0.05) is 19.5 Å². The summed E-state index contributed by atoms with van der Waals surface area (Å²) in [4.78, 5) is 15.1. The molecule has 0 fully saturated rings. The van der Waals surface area contributed by atoms with Crippen molar-refractivity contribution in [2.75, 3.05) is 0 Å². The van der Waals surface area contributed by atoms with Crippen molar-refractivity contribution in [2.24, 2.45) is 0 Å². The van der Waals surface area contributed by atoms with E-state index < -0.39 is 12.0 Å². The highest BCUT2D eigenvalue weighted by Gasteiger charge is 2.26. The van der Waals surface area contributed by atoms with Crippen molar-refractivity contribution in [3.05, 3.63) is 17.7 Å². The van der Waals surface area contributed by atoms with Crippen LogP contribution in [-0.4, -0.2) is 26.7 Å². The van der Waals surface area contributed by atoms with E-state index in [0.717, 1.165) is 24.4 Å². The lowest BCUT2D eigenvalue weighted by Crippen LogP contribution is -2.42. The van der Waals surface area contributed by atoms with Crippen LogP contribution < -0.4 is 5.32 Å². The number of nitrogens with one attached hydrogen (secondary N) is 1. The number of hydrogen-bond acceptors (Lipinski definition) is 3. The van der Waals surface area contributed by atoms with Crippen LogP contribution in [0.3, 0.4) is 0 Å². The average Bonchev–Trinajstić information content (AvgIpc) is 2.61. The molecule has 82 valence electrons. The minimum Gasteiger partial charge on any atom is -0.480 e. The zero-order chi connectivity index (χ0) is 10.8. The molecule has 0 saturated heterocycles. The molecule has 0 radical (unpaired) electrons. The van der Waals surface area contributed by atoms with Gasteiger partial charge in [-0.05, 0) is 6.42 Å². The van der Waals surface area contributed by atoms with Gasteiger partial charge in [0.25, 0.3) is 0 Å². The van der Waals surface area contributed by atoms with Crippen molar-refractivity contribution in [1.82, 2.24) is 14.9 Å². The fourth-order valence-electron chi connectivity index (χ4n) is 1.92. The molecule has 0 spiro atoms. The maximum absolute atomic E-state index is 10.8. The fraction of sp³-hybridized carbons (Fsp3) is 0.600. The summed E-state index contributed by atoms with van der Waals surface area (Å²) in [5, 5.41) is 11.9. The lowest BCUT2D eigenvalue weighted by atomic mass is 10.1. The van der Waals surface area contributed by atoms with E-state index in [2.05, 4.69) is 21.8 Å². The van der Waals surface area contributed by atoms with Crippen LogP contribution in [0.4, 0.5) is 0 Å². The number of rotatable bonds is 3. The highest BCUT2D eigenvalue weighted by atomic mass is 16.4. The second-order valence-corrected chi connectivity index (χ2v) is 3.81. The number of hydrogen-bond donors (Lipinski definition) is 2. The highest BCUT2D eigenvalue weighted by Crippen LogP contribution is 2.15. The number of carboxylic acids is 1. The maximum Gasteiger partial charge on any atom is 0.321 e. The summed E-state index contributed by atoms with van der Waals surface area (Å²) in [7, 11) is 0. The Hall–Kier alpha value is -1.36. The third-order valence-electron chi connectivity index (χ3n) is 2.71. The van der Waals surface area contributed by atoms with Gasteiger partial charge < -0.3 is 9.67 Å².